The lowest BCUT2D eigenvalue weighted by atomic mass is 10.2. The van der Waals surface area contributed by atoms with E-state index in [4.69, 9.17) is 4.74 Å². The fourth-order valence-electron chi connectivity index (χ4n) is 2.66. The third-order valence-corrected chi connectivity index (χ3v) is 6.24. The van der Waals surface area contributed by atoms with E-state index in [2.05, 4.69) is 0 Å². The third-order valence-electron chi connectivity index (χ3n) is 4.33. The molecule has 0 aliphatic carbocycles. The van der Waals surface area contributed by atoms with Crippen LogP contribution in [-0.4, -0.2) is 63.3 Å². The fourth-order valence-corrected chi connectivity index (χ4v) is 4.17. The van der Waals surface area contributed by atoms with E-state index in [-0.39, 0.29) is 17.4 Å². The minimum atomic E-state index is -3.48. The van der Waals surface area contributed by atoms with E-state index in [0.717, 1.165) is 25.7 Å². The molecule has 1 aliphatic rings. The van der Waals surface area contributed by atoms with Gasteiger partial charge in [-0.15, -0.1) is 0 Å². The summed E-state index contributed by atoms with van der Waals surface area (Å²) in [6.07, 6.45) is 6.63. The van der Waals surface area contributed by atoms with E-state index in [1.807, 2.05) is 0 Å². The number of likely N-dealkylation sites (N-methyl/N-ethyl adjacent to an activating group) is 1. The highest BCUT2D eigenvalue weighted by molar-refractivity contribution is 7.89. The number of amides is 1. The van der Waals surface area contributed by atoms with Crippen LogP contribution in [0.5, 0.6) is 0 Å². The monoisotopic (exact) mass is 394 g/mol. The number of hydrogen-bond acceptors (Lipinski definition) is 5. The summed E-state index contributed by atoms with van der Waals surface area (Å²) in [7, 11) is -0.331. The van der Waals surface area contributed by atoms with E-state index in [0.29, 0.717) is 18.7 Å². The SMILES string of the molecule is CN(C)C(=O)COC(=O)C=Cc1ccc(S(=O)(=O)N2CCCCCC2)cc1. The third kappa shape index (κ3) is 6.18. The van der Waals surface area contributed by atoms with Gasteiger partial charge in [-0.25, -0.2) is 13.2 Å². The molecule has 0 atom stereocenters. The Kier molecular flexibility index (Phi) is 7.55. The molecule has 0 radical (unpaired) electrons. The normalized spacial score (nSPS) is 16.1. The molecule has 1 aliphatic heterocycles. The number of nitrogens with zero attached hydrogens (tertiary/aromatic N) is 2. The van der Waals surface area contributed by atoms with E-state index in [9.17, 15) is 18.0 Å². The Morgan fingerprint density at radius 2 is 1.67 bits per heavy atom. The molecule has 148 valence electrons. The molecule has 0 saturated carbocycles. The van der Waals surface area contributed by atoms with Crippen LogP contribution in [0, 0.1) is 0 Å². The Labute approximate surface area is 160 Å². The van der Waals surface area contributed by atoms with Gasteiger partial charge < -0.3 is 9.64 Å². The quantitative estimate of drug-likeness (QED) is 0.543. The van der Waals surface area contributed by atoms with Crippen molar-refractivity contribution in [2.24, 2.45) is 0 Å². The van der Waals surface area contributed by atoms with Crippen molar-refractivity contribution in [1.82, 2.24) is 9.21 Å². The van der Waals surface area contributed by atoms with E-state index in [1.165, 1.54) is 17.1 Å². The number of esters is 1. The Balaban J connectivity index is 1.98. The highest BCUT2D eigenvalue weighted by atomic mass is 32.2. The maximum absolute atomic E-state index is 12.7. The lowest BCUT2D eigenvalue weighted by molar-refractivity contribution is -0.146. The largest absolute Gasteiger partial charge is 0.452 e. The Morgan fingerprint density at radius 3 is 2.22 bits per heavy atom. The number of carbonyl (C=O) groups excluding carboxylic acids is 2. The second-order valence-electron chi connectivity index (χ2n) is 6.62. The van der Waals surface area contributed by atoms with Crippen molar-refractivity contribution in [3.8, 4) is 0 Å². The van der Waals surface area contributed by atoms with Crippen molar-refractivity contribution < 1.29 is 22.7 Å². The molecule has 1 fully saturated rings. The summed E-state index contributed by atoms with van der Waals surface area (Å²) in [5.74, 6) is -0.939. The van der Waals surface area contributed by atoms with Crippen LogP contribution in [0.25, 0.3) is 6.08 Å². The Morgan fingerprint density at radius 1 is 1.07 bits per heavy atom. The zero-order valence-corrected chi connectivity index (χ0v) is 16.6. The molecule has 1 aromatic carbocycles. The van der Waals surface area contributed by atoms with E-state index >= 15 is 0 Å². The number of rotatable bonds is 6. The molecule has 1 aromatic rings. The average Bonchev–Trinajstić information content (AvgIpc) is 2.94. The predicted molar refractivity (Wildman–Crippen MR) is 102 cm³/mol. The van der Waals surface area contributed by atoms with Crippen LogP contribution in [0.2, 0.25) is 0 Å². The highest BCUT2D eigenvalue weighted by Gasteiger charge is 2.24. The van der Waals surface area contributed by atoms with E-state index in [1.54, 1.807) is 42.7 Å². The summed E-state index contributed by atoms with van der Waals surface area (Å²) in [6.45, 7) is 0.798. The van der Waals surface area contributed by atoms with Crippen molar-refractivity contribution in [1.29, 1.82) is 0 Å². The van der Waals surface area contributed by atoms with Crippen molar-refractivity contribution in [3.63, 3.8) is 0 Å². The maximum Gasteiger partial charge on any atom is 0.331 e. The first-order valence-electron chi connectivity index (χ1n) is 8.96. The van der Waals surface area contributed by atoms with Gasteiger partial charge in [0.15, 0.2) is 6.61 Å². The summed E-state index contributed by atoms with van der Waals surface area (Å²) < 4.78 is 31.8. The summed E-state index contributed by atoms with van der Waals surface area (Å²) in [4.78, 5) is 24.6. The van der Waals surface area contributed by atoms with Crippen molar-refractivity contribution >= 4 is 28.0 Å². The van der Waals surface area contributed by atoms with Gasteiger partial charge in [0.25, 0.3) is 5.91 Å². The summed E-state index contributed by atoms with van der Waals surface area (Å²) in [6, 6.07) is 6.36. The first-order chi connectivity index (χ1) is 12.8. The number of ether oxygens (including phenoxy) is 1. The van der Waals surface area contributed by atoms with Gasteiger partial charge in [-0.05, 0) is 36.6 Å². The van der Waals surface area contributed by atoms with Crippen LogP contribution >= 0.6 is 0 Å². The number of benzene rings is 1. The Bertz CT molecular complexity index is 777. The zero-order chi connectivity index (χ0) is 19.9. The van der Waals surface area contributed by atoms with Gasteiger partial charge in [0.05, 0.1) is 4.90 Å². The van der Waals surface area contributed by atoms with Gasteiger partial charge in [0.1, 0.15) is 0 Å². The first-order valence-corrected chi connectivity index (χ1v) is 10.4. The first kappa shape index (κ1) is 21.1. The molecule has 0 aromatic heterocycles. The summed E-state index contributed by atoms with van der Waals surface area (Å²) in [5.41, 5.74) is 0.667. The summed E-state index contributed by atoms with van der Waals surface area (Å²) >= 11 is 0. The number of hydrogen-bond donors (Lipinski definition) is 0. The molecule has 1 heterocycles. The minimum Gasteiger partial charge on any atom is -0.452 e. The topological polar surface area (TPSA) is 84.0 Å². The zero-order valence-electron chi connectivity index (χ0n) is 15.8. The van der Waals surface area contributed by atoms with E-state index < -0.39 is 16.0 Å². The average molecular weight is 394 g/mol. The molecule has 7 nitrogen and oxygen atoms in total. The van der Waals surface area contributed by atoms with Gasteiger partial charge in [0, 0.05) is 33.3 Å². The molecule has 1 amide bonds. The molecule has 0 bridgehead atoms. The maximum atomic E-state index is 12.7. The van der Waals surface area contributed by atoms with Gasteiger partial charge in [0.2, 0.25) is 10.0 Å². The van der Waals surface area contributed by atoms with Crippen LogP contribution < -0.4 is 0 Å². The van der Waals surface area contributed by atoms with Crippen LogP contribution in [0.4, 0.5) is 0 Å². The second kappa shape index (κ2) is 9.66. The molecule has 0 N–H and O–H groups in total. The van der Waals surface area contributed by atoms with Crippen LogP contribution in [-0.2, 0) is 24.3 Å². The molecule has 0 spiro atoms. The summed E-state index contributed by atoms with van der Waals surface area (Å²) in [5, 5.41) is 0. The van der Waals surface area contributed by atoms with Crippen molar-refractivity contribution in [2.45, 2.75) is 30.6 Å². The van der Waals surface area contributed by atoms with Gasteiger partial charge in [-0.2, -0.15) is 4.31 Å². The van der Waals surface area contributed by atoms with Gasteiger partial charge >= 0.3 is 5.97 Å². The number of sulfonamides is 1. The van der Waals surface area contributed by atoms with Crippen LogP contribution in [0.3, 0.4) is 0 Å². The standard InChI is InChI=1S/C19H26N2O5S/c1-20(2)18(22)15-26-19(23)12-9-16-7-10-17(11-8-16)27(24,25)21-13-5-3-4-6-14-21/h7-12H,3-6,13-15H2,1-2H3. The highest BCUT2D eigenvalue weighted by Crippen LogP contribution is 2.21. The van der Waals surface area contributed by atoms with Crippen molar-refractivity contribution in [2.75, 3.05) is 33.8 Å². The van der Waals surface area contributed by atoms with Gasteiger partial charge in [-0.1, -0.05) is 25.0 Å². The lowest BCUT2D eigenvalue weighted by Crippen LogP contribution is -2.31. The second-order valence-corrected chi connectivity index (χ2v) is 8.55. The molecular weight excluding hydrogens is 368 g/mol. The predicted octanol–water partition coefficient (Wildman–Crippen LogP) is 1.90. The lowest BCUT2D eigenvalue weighted by Gasteiger charge is -2.19. The van der Waals surface area contributed by atoms with Crippen molar-refractivity contribution in [3.05, 3.63) is 35.9 Å². The Hall–Kier alpha value is -2.19. The molecular formula is C19H26N2O5S. The van der Waals surface area contributed by atoms with Crippen LogP contribution in [0.1, 0.15) is 31.2 Å². The molecule has 1 saturated heterocycles. The molecule has 8 heteroatoms. The minimum absolute atomic E-state index is 0.251. The number of carbonyl (C=O) groups is 2. The van der Waals surface area contributed by atoms with Crippen LogP contribution in [0.15, 0.2) is 35.2 Å². The fraction of sp³-hybridized carbons (Fsp3) is 0.474. The molecule has 0 unspecified atom stereocenters. The molecule has 2 rings (SSSR count). The smallest absolute Gasteiger partial charge is 0.331 e. The van der Waals surface area contributed by atoms with Gasteiger partial charge in [-0.3, -0.25) is 4.79 Å². The molecule has 27 heavy (non-hydrogen) atoms.